The van der Waals surface area contributed by atoms with E-state index in [2.05, 4.69) is 290 Å². The van der Waals surface area contributed by atoms with E-state index in [1.807, 2.05) is 0 Å². The van der Waals surface area contributed by atoms with Crippen LogP contribution < -0.4 is 0 Å². The molecule has 1 aliphatic carbocycles. The van der Waals surface area contributed by atoms with Crippen LogP contribution in [0.2, 0.25) is 0 Å². The highest BCUT2D eigenvalue weighted by molar-refractivity contribution is 4.80. The number of ether oxygens (including phenoxy) is 1. The molecule has 0 N–H and O–H groups in total. The molecular formula is C84H189N7O. The van der Waals surface area contributed by atoms with Crippen molar-refractivity contribution in [3.63, 3.8) is 0 Å². The first kappa shape index (κ1) is 105. The second kappa shape index (κ2) is 57.4. The van der Waals surface area contributed by atoms with E-state index in [9.17, 15) is 0 Å². The summed E-state index contributed by atoms with van der Waals surface area (Å²) in [5.74, 6) is 1.04. The summed E-state index contributed by atoms with van der Waals surface area (Å²) < 4.78 is 5.05. The first-order chi connectivity index (χ1) is 41.4. The van der Waals surface area contributed by atoms with Gasteiger partial charge >= 0.3 is 0 Å². The van der Waals surface area contributed by atoms with Gasteiger partial charge in [0.1, 0.15) is 0 Å². The highest BCUT2D eigenvalue weighted by Gasteiger charge is 2.27. The molecule has 0 radical (unpaired) electrons. The lowest BCUT2D eigenvalue weighted by Crippen LogP contribution is -2.39. The minimum absolute atomic E-state index is 0. The average molecular weight is 1310 g/mol. The van der Waals surface area contributed by atoms with Crippen LogP contribution in [0.1, 0.15) is 353 Å². The monoisotopic (exact) mass is 1310 g/mol. The molecule has 0 spiro atoms. The largest absolute Gasteiger partial charge is 0.383 e. The van der Waals surface area contributed by atoms with Crippen molar-refractivity contribution < 1.29 is 4.74 Å². The number of methoxy groups -OCH3 is 1. The molecule has 0 aromatic rings. The number of hydrogen-bond donors (Lipinski definition) is 0. The molecule has 92 heavy (non-hydrogen) atoms. The standard InChI is InChI=1S/2C13H29N.C12H25N.2C12H27N.C11H25N.C10H23NO.CH4/c1-8-9-14(10-12(2,3)4)11-13(5,6)7;1-6-8-10-14(11-9-7-2)12-13(3,4)5;1-5-8-13(9-11-6-7-11)10-12(2,3)4;1-7-9-13(11(3)8-2)10-12(4,5)6;1-6-8-10-13(9-7-2)11-12(3,4)5;1-7-8-12(10(2)3)9-11(4,5)6;1-6-11(7-8-12-5)9-10(2,3)4;/h8-11H2,1-7H3;6-12H2,1-5H3;11H,5-10H2,1-4H3;11H,7-10H2,1-6H3;6-11H2,1-5H3;10H,7-9H2,1-6H3;6-9H2,1-5H3;1H4. The summed E-state index contributed by atoms with van der Waals surface area (Å²) in [5.41, 5.74) is 3.44. The van der Waals surface area contributed by atoms with Crippen molar-refractivity contribution in [2.75, 3.05) is 138 Å². The Hall–Kier alpha value is -0.320. The van der Waals surface area contributed by atoms with E-state index in [0.717, 1.165) is 38.2 Å². The van der Waals surface area contributed by atoms with Crippen LogP contribution in [-0.4, -0.2) is 184 Å². The van der Waals surface area contributed by atoms with Gasteiger partial charge in [-0.3, -0.25) is 0 Å². The van der Waals surface area contributed by atoms with Crippen molar-refractivity contribution in [3.8, 4) is 0 Å². The lowest BCUT2D eigenvalue weighted by molar-refractivity contribution is 0.127. The molecule has 1 unspecified atom stereocenters. The van der Waals surface area contributed by atoms with Gasteiger partial charge in [0.05, 0.1) is 6.61 Å². The Kier molecular flexibility index (Phi) is 65.6. The Morgan fingerprint density at radius 2 is 0.587 bits per heavy atom. The summed E-state index contributed by atoms with van der Waals surface area (Å²) >= 11 is 0. The van der Waals surface area contributed by atoms with Gasteiger partial charge in [-0.25, -0.2) is 0 Å². The molecule has 1 rings (SSSR count). The topological polar surface area (TPSA) is 31.9 Å². The molecule has 8 nitrogen and oxygen atoms in total. The molecule has 1 fully saturated rings. The van der Waals surface area contributed by atoms with Crippen molar-refractivity contribution in [2.45, 2.75) is 366 Å². The SMILES string of the molecule is C.CCCCN(CCC)CC(C)(C)C.CCCCN(CCCC)CC(C)(C)C.CCCN(CC(C)(C)C)C(C)C.CCCN(CC(C)(C)C)C(C)CC.CCCN(CC(C)(C)C)CC(C)(C)C.CCCN(CC1CC1)CC(C)(C)C.CCN(CCOC)CC(C)(C)C. The van der Waals surface area contributed by atoms with Crippen LogP contribution in [0.3, 0.4) is 0 Å². The fourth-order valence-electron chi connectivity index (χ4n) is 11.4. The summed E-state index contributed by atoms with van der Waals surface area (Å²) in [6.45, 7) is 109. The van der Waals surface area contributed by atoms with Crippen molar-refractivity contribution in [1.82, 2.24) is 34.3 Å². The molecule has 1 aliphatic rings. The normalized spacial score (nSPS) is 13.8. The molecule has 0 aromatic heterocycles. The predicted octanol–water partition coefficient (Wildman–Crippen LogP) is 23.8. The number of rotatable bonds is 36. The minimum Gasteiger partial charge on any atom is -0.383 e. The number of nitrogens with zero attached hydrogens (tertiary/aromatic N) is 7. The van der Waals surface area contributed by atoms with Gasteiger partial charge in [0.25, 0.3) is 0 Å². The second-order valence-electron chi connectivity index (χ2n) is 38.1. The fourth-order valence-corrected chi connectivity index (χ4v) is 11.4. The molecule has 1 atom stereocenters. The number of hydrogen-bond acceptors (Lipinski definition) is 8. The van der Waals surface area contributed by atoms with E-state index in [1.165, 1.54) is 195 Å². The summed E-state index contributed by atoms with van der Waals surface area (Å²) in [6, 6.07) is 1.42. The first-order valence-corrected chi connectivity index (χ1v) is 39.0. The van der Waals surface area contributed by atoms with Crippen LogP contribution in [0.5, 0.6) is 0 Å². The Labute approximate surface area is 588 Å². The maximum absolute atomic E-state index is 5.05. The van der Waals surface area contributed by atoms with Crippen LogP contribution in [0.25, 0.3) is 0 Å². The quantitative estimate of drug-likeness (QED) is 0.0614. The van der Waals surface area contributed by atoms with Crippen molar-refractivity contribution >= 4 is 0 Å². The molecule has 0 aliphatic heterocycles. The zero-order valence-corrected chi connectivity index (χ0v) is 71.3. The van der Waals surface area contributed by atoms with E-state index in [-0.39, 0.29) is 7.43 Å². The van der Waals surface area contributed by atoms with E-state index >= 15 is 0 Å². The van der Waals surface area contributed by atoms with Crippen LogP contribution in [0.15, 0.2) is 0 Å². The zero-order chi connectivity index (χ0) is 72.5. The summed E-state index contributed by atoms with van der Waals surface area (Å²) in [6.07, 6.45) is 18.5. The van der Waals surface area contributed by atoms with Crippen LogP contribution in [-0.2, 0) is 4.74 Å². The molecule has 1 saturated carbocycles. The Morgan fingerprint density at radius 3 is 0.859 bits per heavy atom. The Balaban J connectivity index is -0.000000183. The van der Waals surface area contributed by atoms with Gasteiger partial charge in [0, 0.05) is 84.6 Å². The molecule has 0 heterocycles. The van der Waals surface area contributed by atoms with E-state index in [1.54, 1.807) is 7.11 Å². The molecular weight excluding hydrogens is 1120 g/mol. The lowest BCUT2D eigenvalue weighted by Gasteiger charge is -2.34. The van der Waals surface area contributed by atoms with Gasteiger partial charge in [-0.2, -0.15) is 0 Å². The van der Waals surface area contributed by atoms with Crippen molar-refractivity contribution in [3.05, 3.63) is 0 Å². The van der Waals surface area contributed by atoms with Gasteiger partial charge < -0.3 is 39.0 Å². The maximum Gasteiger partial charge on any atom is 0.0589 e. The smallest absolute Gasteiger partial charge is 0.0589 e. The van der Waals surface area contributed by atoms with E-state index in [4.69, 9.17) is 4.74 Å². The van der Waals surface area contributed by atoms with Gasteiger partial charge in [0.15, 0.2) is 0 Å². The summed E-state index contributed by atoms with van der Waals surface area (Å²) in [5, 5.41) is 0. The third-order valence-corrected chi connectivity index (χ3v) is 14.9. The van der Waals surface area contributed by atoms with Crippen LogP contribution in [0.4, 0.5) is 0 Å². The van der Waals surface area contributed by atoms with Crippen molar-refractivity contribution in [2.24, 2.45) is 49.2 Å². The molecule has 0 aromatic carbocycles. The lowest BCUT2D eigenvalue weighted by atomic mass is 9.92. The Bertz CT molecular complexity index is 1480. The number of likely N-dealkylation sites (N-methyl/N-ethyl adjacent to an activating group) is 1. The third kappa shape index (κ3) is 87.7. The average Bonchev–Trinajstić information content (AvgIpc) is 2.32. The predicted molar refractivity (Wildman–Crippen MR) is 429 cm³/mol. The van der Waals surface area contributed by atoms with Crippen LogP contribution in [0, 0.1) is 49.2 Å². The van der Waals surface area contributed by atoms with Crippen molar-refractivity contribution in [1.29, 1.82) is 0 Å². The van der Waals surface area contributed by atoms with Gasteiger partial charge in [-0.15, -0.1) is 0 Å². The van der Waals surface area contributed by atoms with E-state index in [0.29, 0.717) is 49.4 Å². The molecule has 0 bridgehead atoms. The van der Waals surface area contributed by atoms with E-state index < -0.39 is 0 Å². The number of unbranched alkanes of at least 4 members (excludes halogenated alkanes) is 3. The first-order valence-electron chi connectivity index (χ1n) is 39.0. The van der Waals surface area contributed by atoms with Gasteiger partial charge in [-0.1, -0.05) is 262 Å². The minimum atomic E-state index is 0. The molecule has 0 amide bonds. The fraction of sp³-hybridized carbons (Fsp3) is 1.00. The van der Waals surface area contributed by atoms with Gasteiger partial charge in [-0.05, 0) is 200 Å². The summed E-state index contributed by atoms with van der Waals surface area (Å²) in [4.78, 5) is 18.1. The highest BCUT2D eigenvalue weighted by Crippen LogP contribution is 2.31. The third-order valence-electron chi connectivity index (χ3n) is 14.9. The molecule has 8 heteroatoms. The maximum atomic E-state index is 5.05. The zero-order valence-electron chi connectivity index (χ0n) is 71.3. The summed E-state index contributed by atoms with van der Waals surface area (Å²) in [7, 11) is 1.75. The molecule has 0 saturated heterocycles. The Morgan fingerprint density at radius 1 is 0.315 bits per heavy atom. The van der Waals surface area contributed by atoms with Crippen LogP contribution >= 0.6 is 0 Å². The molecule has 566 valence electrons. The highest BCUT2D eigenvalue weighted by atomic mass is 16.5. The second-order valence-corrected chi connectivity index (χ2v) is 38.1. The van der Waals surface area contributed by atoms with Gasteiger partial charge in [0.2, 0.25) is 0 Å².